The van der Waals surface area contributed by atoms with Crippen LogP contribution in [-0.2, 0) is 13.5 Å². The summed E-state index contributed by atoms with van der Waals surface area (Å²) in [6.45, 7) is 11.4. The summed E-state index contributed by atoms with van der Waals surface area (Å²) in [6.07, 6.45) is 9.49. The Bertz CT molecular complexity index is 1030. The molecule has 2 saturated heterocycles. The fraction of sp³-hybridized carbons (Fsp3) is 0.609. The van der Waals surface area contributed by atoms with E-state index in [1.165, 1.54) is 41.8 Å². The predicted octanol–water partition coefficient (Wildman–Crippen LogP) is 4.29. The number of rotatable bonds is 6. The van der Waals surface area contributed by atoms with Crippen LogP contribution in [0.5, 0.6) is 0 Å². The lowest BCUT2D eigenvalue weighted by Crippen LogP contribution is -2.59. The van der Waals surface area contributed by atoms with Crippen LogP contribution in [0.15, 0.2) is 24.8 Å². The smallest absolute Gasteiger partial charge is 0.140 e. The zero-order valence-electron chi connectivity index (χ0n) is 18.5. The number of aromatic nitrogens is 4. The van der Waals surface area contributed by atoms with Crippen molar-refractivity contribution in [3.05, 3.63) is 35.2 Å². The lowest BCUT2D eigenvalue weighted by atomic mass is 9.76. The minimum absolute atomic E-state index is 0.398. The monoisotopic (exact) mass is 424 g/mol. The van der Waals surface area contributed by atoms with Crippen molar-refractivity contribution in [2.45, 2.75) is 46.1 Å². The van der Waals surface area contributed by atoms with E-state index < -0.39 is 0 Å². The second-order valence-corrected chi connectivity index (χ2v) is 10.5. The van der Waals surface area contributed by atoms with Crippen LogP contribution in [0.2, 0.25) is 0 Å². The van der Waals surface area contributed by atoms with Crippen molar-refractivity contribution in [3.63, 3.8) is 0 Å². The van der Waals surface area contributed by atoms with Gasteiger partial charge in [0.05, 0.1) is 11.6 Å². The Kier molecular flexibility index (Phi) is 5.06. The summed E-state index contributed by atoms with van der Waals surface area (Å²) in [7, 11) is 2.01. The molecule has 3 aromatic heterocycles. The van der Waals surface area contributed by atoms with Gasteiger partial charge in [-0.3, -0.25) is 9.58 Å². The number of hydrogen-bond acceptors (Lipinski definition) is 6. The molecule has 7 heteroatoms. The summed E-state index contributed by atoms with van der Waals surface area (Å²) < 4.78 is 1.93. The molecular formula is C23H32N6S. The van der Waals surface area contributed by atoms with E-state index in [9.17, 15) is 0 Å². The maximum absolute atomic E-state index is 4.70. The van der Waals surface area contributed by atoms with Crippen molar-refractivity contribution in [2.24, 2.45) is 18.4 Å². The Labute approximate surface area is 182 Å². The molecule has 5 rings (SSSR count). The molecule has 30 heavy (non-hydrogen) atoms. The van der Waals surface area contributed by atoms with Crippen LogP contribution in [0, 0.1) is 11.3 Å². The Balaban J connectivity index is 1.33. The number of likely N-dealkylation sites (tertiary alicyclic amines) is 1. The Hall–Kier alpha value is -1.99. The Morgan fingerprint density at radius 2 is 2.03 bits per heavy atom. The SMILES string of the molecule is CCc1cc2c(N3CCC4(C3)CN([C@@H](c3cnn(C)c3)[C@H](C)CC)C4)ncnc2s1. The van der Waals surface area contributed by atoms with Crippen molar-refractivity contribution in [2.75, 3.05) is 31.1 Å². The molecule has 2 atom stereocenters. The van der Waals surface area contributed by atoms with Gasteiger partial charge in [0, 0.05) is 61.3 Å². The van der Waals surface area contributed by atoms with Crippen LogP contribution in [0.25, 0.3) is 10.2 Å². The third-order valence-electron chi connectivity index (χ3n) is 7.17. The number of hydrogen-bond donors (Lipinski definition) is 0. The fourth-order valence-electron chi connectivity index (χ4n) is 5.42. The molecule has 0 radical (unpaired) electrons. The van der Waals surface area contributed by atoms with Crippen LogP contribution in [0.1, 0.15) is 50.1 Å². The van der Waals surface area contributed by atoms with Gasteiger partial charge < -0.3 is 4.90 Å². The Morgan fingerprint density at radius 3 is 2.73 bits per heavy atom. The zero-order valence-corrected chi connectivity index (χ0v) is 19.3. The normalized spacial score (nSPS) is 20.7. The summed E-state index contributed by atoms with van der Waals surface area (Å²) in [6, 6.07) is 2.77. The minimum atomic E-state index is 0.398. The molecule has 0 N–H and O–H groups in total. The van der Waals surface area contributed by atoms with Gasteiger partial charge in [0.25, 0.3) is 0 Å². The van der Waals surface area contributed by atoms with Gasteiger partial charge in [-0.05, 0) is 24.8 Å². The molecule has 0 bridgehead atoms. The maximum Gasteiger partial charge on any atom is 0.140 e. The van der Waals surface area contributed by atoms with E-state index in [1.54, 1.807) is 17.7 Å². The van der Waals surface area contributed by atoms with Crippen LogP contribution in [0.4, 0.5) is 5.82 Å². The minimum Gasteiger partial charge on any atom is -0.355 e. The van der Waals surface area contributed by atoms with Gasteiger partial charge in [-0.2, -0.15) is 5.10 Å². The highest BCUT2D eigenvalue weighted by Gasteiger charge is 2.50. The van der Waals surface area contributed by atoms with Crippen LogP contribution < -0.4 is 4.90 Å². The second kappa shape index (κ2) is 7.61. The van der Waals surface area contributed by atoms with Gasteiger partial charge in [0.2, 0.25) is 0 Å². The largest absolute Gasteiger partial charge is 0.355 e. The summed E-state index contributed by atoms with van der Waals surface area (Å²) >= 11 is 1.81. The zero-order chi connectivity index (χ0) is 20.9. The van der Waals surface area contributed by atoms with E-state index in [1.807, 2.05) is 11.7 Å². The van der Waals surface area contributed by atoms with E-state index in [0.717, 1.165) is 30.2 Å². The topological polar surface area (TPSA) is 50.1 Å². The lowest BCUT2D eigenvalue weighted by Gasteiger charge is -2.52. The molecule has 2 fully saturated rings. The molecule has 2 aliphatic heterocycles. The molecule has 3 aromatic rings. The first-order valence-corrected chi connectivity index (χ1v) is 12.0. The Morgan fingerprint density at radius 1 is 1.20 bits per heavy atom. The molecule has 0 unspecified atom stereocenters. The average Bonchev–Trinajstić information content (AvgIpc) is 3.45. The molecule has 1 spiro atoms. The van der Waals surface area contributed by atoms with Gasteiger partial charge in [-0.1, -0.05) is 27.2 Å². The van der Waals surface area contributed by atoms with Crippen molar-refractivity contribution in [3.8, 4) is 0 Å². The van der Waals surface area contributed by atoms with Gasteiger partial charge in [0.1, 0.15) is 17.0 Å². The predicted molar refractivity (Wildman–Crippen MR) is 123 cm³/mol. The summed E-state index contributed by atoms with van der Waals surface area (Å²) in [5.41, 5.74) is 1.76. The van der Waals surface area contributed by atoms with Gasteiger partial charge >= 0.3 is 0 Å². The second-order valence-electron chi connectivity index (χ2n) is 9.34. The number of fused-ring (bicyclic) bond motifs is 1. The van der Waals surface area contributed by atoms with E-state index in [4.69, 9.17) is 4.98 Å². The number of thiophene rings is 1. The van der Waals surface area contributed by atoms with Crippen molar-refractivity contribution in [1.29, 1.82) is 0 Å². The van der Waals surface area contributed by atoms with Crippen molar-refractivity contribution >= 4 is 27.4 Å². The molecule has 2 aliphatic rings. The fourth-order valence-corrected chi connectivity index (χ4v) is 6.35. The first-order chi connectivity index (χ1) is 14.5. The molecule has 6 nitrogen and oxygen atoms in total. The number of nitrogens with zero attached hydrogens (tertiary/aromatic N) is 6. The quantitative estimate of drug-likeness (QED) is 0.591. The van der Waals surface area contributed by atoms with E-state index in [2.05, 4.69) is 59.1 Å². The maximum atomic E-state index is 4.70. The molecule has 0 aromatic carbocycles. The highest BCUT2D eigenvalue weighted by atomic mass is 32.1. The van der Waals surface area contributed by atoms with E-state index in [-0.39, 0.29) is 0 Å². The van der Waals surface area contributed by atoms with Gasteiger partial charge in [-0.25, -0.2) is 9.97 Å². The molecule has 0 saturated carbocycles. The van der Waals surface area contributed by atoms with Crippen molar-refractivity contribution < 1.29 is 0 Å². The molecular weight excluding hydrogens is 392 g/mol. The van der Waals surface area contributed by atoms with Crippen LogP contribution in [0.3, 0.4) is 0 Å². The molecule has 5 heterocycles. The number of aryl methyl sites for hydroxylation is 2. The average molecular weight is 425 g/mol. The number of anilines is 1. The van der Waals surface area contributed by atoms with Gasteiger partial charge in [0.15, 0.2) is 0 Å². The first kappa shape index (κ1) is 19.9. The lowest BCUT2D eigenvalue weighted by molar-refractivity contribution is -0.0350. The summed E-state index contributed by atoms with van der Waals surface area (Å²) in [5, 5.41) is 5.68. The molecule has 0 amide bonds. The third kappa shape index (κ3) is 3.32. The van der Waals surface area contributed by atoms with Crippen LogP contribution in [-0.4, -0.2) is 50.8 Å². The summed E-state index contributed by atoms with van der Waals surface area (Å²) in [4.78, 5) is 16.9. The highest BCUT2D eigenvalue weighted by Crippen LogP contribution is 2.47. The molecule has 160 valence electrons. The van der Waals surface area contributed by atoms with Gasteiger partial charge in [-0.15, -0.1) is 11.3 Å². The van der Waals surface area contributed by atoms with E-state index in [0.29, 0.717) is 17.4 Å². The van der Waals surface area contributed by atoms with Crippen molar-refractivity contribution in [1.82, 2.24) is 24.6 Å². The van der Waals surface area contributed by atoms with E-state index >= 15 is 0 Å². The first-order valence-electron chi connectivity index (χ1n) is 11.2. The highest BCUT2D eigenvalue weighted by molar-refractivity contribution is 7.18. The standard InChI is InChI=1S/C23H32N6S/c1-5-16(3)20(17-10-26-27(4)11-17)29-13-23(14-29)7-8-28(12-23)21-19-9-18(6-2)30-22(19)25-15-24-21/h9-11,15-16,20H,5-8,12-14H2,1-4H3/t16-,20-/m1/s1. The molecule has 0 aliphatic carbocycles. The van der Waals surface area contributed by atoms with Crippen LogP contribution >= 0.6 is 11.3 Å². The summed E-state index contributed by atoms with van der Waals surface area (Å²) in [5.74, 6) is 1.76. The third-order valence-corrected chi connectivity index (χ3v) is 8.35.